The smallest absolute Gasteiger partial charge is 0.265 e. The second kappa shape index (κ2) is 6.08. The summed E-state index contributed by atoms with van der Waals surface area (Å²) in [7, 11) is 0. The Morgan fingerprint density at radius 1 is 1.35 bits per heavy atom. The maximum absolute atomic E-state index is 12.3. The fraction of sp³-hybridized carbons (Fsp3) is 0.571. The lowest BCUT2D eigenvalue weighted by Gasteiger charge is -2.27. The van der Waals surface area contributed by atoms with Gasteiger partial charge >= 0.3 is 0 Å². The number of pyridine rings is 1. The zero-order valence-electron chi connectivity index (χ0n) is 12.1. The number of rotatable bonds is 2. The standard InChI is InChI=1S/C14H20ClN3O2/c1-14(2,3)11-8-10(9-12(15)16-11)13(19)17-18-4-6-20-7-5-18/h8-9H,4-7H2,1-3H3,(H,17,19). The van der Waals surface area contributed by atoms with E-state index >= 15 is 0 Å². The van der Waals surface area contributed by atoms with Crippen molar-refractivity contribution < 1.29 is 9.53 Å². The van der Waals surface area contributed by atoms with Gasteiger partial charge in [-0.05, 0) is 12.1 Å². The van der Waals surface area contributed by atoms with Crippen LogP contribution in [0.2, 0.25) is 5.15 Å². The molecule has 20 heavy (non-hydrogen) atoms. The summed E-state index contributed by atoms with van der Waals surface area (Å²) in [6.45, 7) is 8.75. The van der Waals surface area contributed by atoms with Crippen molar-refractivity contribution in [1.82, 2.24) is 15.4 Å². The number of halogens is 1. The fourth-order valence-electron chi connectivity index (χ4n) is 1.90. The molecule has 0 aromatic carbocycles. The molecule has 6 heteroatoms. The van der Waals surface area contributed by atoms with Gasteiger partial charge in [0.15, 0.2) is 0 Å². The van der Waals surface area contributed by atoms with Crippen LogP contribution in [0, 0.1) is 0 Å². The molecule has 2 heterocycles. The van der Waals surface area contributed by atoms with E-state index in [1.165, 1.54) is 0 Å². The van der Waals surface area contributed by atoms with Crippen molar-refractivity contribution >= 4 is 17.5 Å². The van der Waals surface area contributed by atoms with E-state index in [2.05, 4.69) is 10.4 Å². The minimum absolute atomic E-state index is 0.154. The zero-order valence-corrected chi connectivity index (χ0v) is 12.8. The van der Waals surface area contributed by atoms with Crippen LogP contribution in [0.25, 0.3) is 0 Å². The van der Waals surface area contributed by atoms with Crippen molar-refractivity contribution in [3.63, 3.8) is 0 Å². The van der Waals surface area contributed by atoms with E-state index < -0.39 is 0 Å². The maximum atomic E-state index is 12.3. The molecule has 5 nitrogen and oxygen atoms in total. The van der Waals surface area contributed by atoms with Crippen LogP contribution >= 0.6 is 11.6 Å². The molecule has 1 saturated heterocycles. The number of aromatic nitrogens is 1. The van der Waals surface area contributed by atoms with Crippen LogP contribution in [0.4, 0.5) is 0 Å². The van der Waals surface area contributed by atoms with Crippen molar-refractivity contribution in [3.8, 4) is 0 Å². The number of hydrogen-bond donors (Lipinski definition) is 1. The molecule has 1 amide bonds. The number of hydrogen-bond acceptors (Lipinski definition) is 4. The number of hydrazine groups is 1. The van der Waals surface area contributed by atoms with Crippen LogP contribution in [0.15, 0.2) is 12.1 Å². The highest BCUT2D eigenvalue weighted by molar-refractivity contribution is 6.29. The fourth-order valence-corrected chi connectivity index (χ4v) is 2.10. The summed E-state index contributed by atoms with van der Waals surface area (Å²) in [6, 6.07) is 3.38. The van der Waals surface area contributed by atoms with Crippen molar-refractivity contribution in [1.29, 1.82) is 0 Å². The Bertz CT molecular complexity index is 494. The van der Waals surface area contributed by atoms with E-state index in [9.17, 15) is 4.79 Å². The monoisotopic (exact) mass is 297 g/mol. The van der Waals surface area contributed by atoms with Gasteiger partial charge in [-0.15, -0.1) is 0 Å². The molecule has 1 aliphatic rings. The Labute approximate surface area is 124 Å². The molecule has 0 spiro atoms. The van der Waals surface area contributed by atoms with Gasteiger partial charge in [0.2, 0.25) is 0 Å². The summed E-state index contributed by atoms with van der Waals surface area (Å²) in [5.41, 5.74) is 4.05. The number of carbonyl (C=O) groups is 1. The molecule has 0 atom stereocenters. The Morgan fingerprint density at radius 2 is 2.00 bits per heavy atom. The molecule has 2 rings (SSSR count). The number of ether oxygens (including phenoxy) is 1. The molecule has 0 bridgehead atoms. The van der Waals surface area contributed by atoms with Gasteiger partial charge in [0.05, 0.1) is 13.2 Å². The average Bonchev–Trinajstić information content (AvgIpc) is 2.38. The predicted molar refractivity (Wildman–Crippen MR) is 77.8 cm³/mol. The summed E-state index contributed by atoms with van der Waals surface area (Å²) >= 11 is 6.02. The average molecular weight is 298 g/mol. The van der Waals surface area contributed by atoms with Crippen molar-refractivity contribution in [2.45, 2.75) is 26.2 Å². The number of amides is 1. The molecular formula is C14H20ClN3O2. The third kappa shape index (κ3) is 3.91. The molecule has 1 N–H and O–H groups in total. The van der Waals surface area contributed by atoms with E-state index in [1.54, 1.807) is 12.1 Å². The molecule has 110 valence electrons. The summed E-state index contributed by atoms with van der Waals surface area (Å²) in [6.07, 6.45) is 0. The maximum Gasteiger partial charge on any atom is 0.265 e. The Hall–Kier alpha value is -1.17. The zero-order chi connectivity index (χ0) is 14.8. The Morgan fingerprint density at radius 3 is 2.60 bits per heavy atom. The minimum atomic E-state index is -0.165. The second-order valence-corrected chi connectivity index (χ2v) is 6.24. The first kappa shape index (κ1) is 15.2. The van der Waals surface area contributed by atoms with Gasteiger partial charge in [-0.1, -0.05) is 32.4 Å². The topological polar surface area (TPSA) is 54.5 Å². The summed E-state index contributed by atoms with van der Waals surface area (Å²) < 4.78 is 5.25. The van der Waals surface area contributed by atoms with Gasteiger partial charge in [-0.25, -0.2) is 9.99 Å². The molecule has 1 aliphatic heterocycles. The predicted octanol–water partition coefficient (Wildman–Crippen LogP) is 2.01. The molecule has 1 aromatic heterocycles. The second-order valence-electron chi connectivity index (χ2n) is 5.85. The van der Waals surface area contributed by atoms with Gasteiger partial charge in [0.25, 0.3) is 5.91 Å². The van der Waals surface area contributed by atoms with Crippen LogP contribution in [-0.2, 0) is 10.2 Å². The number of carbonyl (C=O) groups excluding carboxylic acids is 1. The molecule has 1 fully saturated rings. The number of morpholine rings is 1. The first-order valence-corrected chi connectivity index (χ1v) is 7.06. The van der Waals surface area contributed by atoms with Crippen LogP contribution < -0.4 is 5.43 Å². The molecule has 0 aliphatic carbocycles. The normalized spacial score (nSPS) is 17.0. The number of nitrogens with zero attached hydrogens (tertiary/aromatic N) is 2. The first-order chi connectivity index (χ1) is 9.36. The SMILES string of the molecule is CC(C)(C)c1cc(C(=O)NN2CCOCC2)cc(Cl)n1. The molecule has 0 radical (unpaired) electrons. The van der Waals surface area contributed by atoms with E-state index in [-0.39, 0.29) is 11.3 Å². The van der Waals surface area contributed by atoms with Gasteiger partial charge in [0, 0.05) is 29.8 Å². The van der Waals surface area contributed by atoms with Crippen molar-refractivity contribution in [2.24, 2.45) is 0 Å². The summed E-state index contributed by atoms with van der Waals surface area (Å²) in [5, 5.41) is 2.20. The van der Waals surface area contributed by atoms with E-state index in [1.807, 2.05) is 25.8 Å². The van der Waals surface area contributed by atoms with E-state index in [0.717, 1.165) is 5.69 Å². The Balaban J connectivity index is 2.14. The van der Waals surface area contributed by atoms with Gasteiger partial charge in [-0.2, -0.15) is 0 Å². The highest BCUT2D eigenvalue weighted by atomic mass is 35.5. The minimum Gasteiger partial charge on any atom is -0.379 e. The van der Waals surface area contributed by atoms with Gasteiger partial charge < -0.3 is 4.74 Å². The van der Waals surface area contributed by atoms with Crippen LogP contribution in [0.1, 0.15) is 36.8 Å². The first-order valence-electron chi connectivity index (χ1n) is 6.68. The number of nitrogens with one attached hydrogen (secondary N) is 1. The molecule has 0 unspecified atom stereocenters. The van der Waals surface area contributed by atoms with Crippen molar-refractivity contribution in [3.05, 3.63) is 28.5 Å². The molecule has 0 saturated carbocycles. The van der Waals surface area contributed by atoms with E-state index in [4.69, 9.17) is 16.3 Å². The molecular weight excluding hydrogens is 278 g/mol. The third-order valence-corrected chi connectivity index (χ3v) is 3.29. The third-order valence-electron chi connectivity index (χ3n) is 3.10. The lowest BCUT2D eigenvalue weighted by Crippen LogP contribution is -2.48. The van der Waals surface area contributed by atoms with Crippen LogP contribution in [0.3, 0.4) is 0 Å². The lowest BCUT2D eigenvalue weighted by molar-refractivity contribution is 0.0126. The van der Waals surface area contributed by atoms with Crippen LogP contribution in [0.5, 0.6) is 0 Å². The van der Waals surface area contributed by atoms with Gasteiger partial charge in [-0.3, -0.25) is 10.2 Å². The highest BCUT2D eigenvalue weighted by Crippen LogP contribution is 2.23. The van der Waals surface area contributed by atoms with Gasteiger partial charge in [0.1, 0.15) is 5.15 Å². The highest BCUT2D eigenvalue weighted by Gasteiger charge is 2.20. The van der Waals surface area contributed by atoms with E-state index in [0.29, 0.717) is 37.0 Å². The summed E-state index contributed by atoms with van der Waals surface area (Å²) in [4.78, 5) is 16.6. The summed E-state index contributed by atoms with van der Waals surface area (Å²) in [5.74, 6) is -0.165. The Kier molecular flexibility index (Phi) is 4.62. The lowest BCUT2D eigenvalue weighted by atomic mass is 9.91. The van der Waals surface area contributed by atoms with Crippen LogP contribution in [-0.4, -0.2) is 42.2 Å². The largest absolute Gasteiger partial charge is 0.379 e. The molecule has 1 aromatic rings. The quantitative estimate of drug-likeness (QED) is 0.849. The van der Waals surface area contributed by atoms with Crippen molar-refractivity contribution in [2.75, 3.05) is 26.3 Å².